The summed E-state index contributed by atoms with van der Waals surface area (Å²) in [6.45, 7) is 2.05. The second kappa shape index (κ2) is 8.26. The van der Waals surface area contributed by atoms with Crippen molar-refractivity contribution >= 4 is 17.2 Å². The molecule has 1 saturated carbocycles. The molecule has 1 aliphatic carbocycles. The zero-order valence-electron chi connectivity index (χ0n) is 16.5. The largest absolute Gasteiger partial charge is 0.496 e. The van der Waals surface area contributed by atoms with Crippen LogP contribution in [0.5, 0.6) is 5.75 Å². The van der Waals surface area contributed by atoms with Crippen LogP contribution in [-0.4, -0.2) is 32.8 Å². The number of thiophene rings is 1. The maximum atomic E-state index is 13.5. The summed E-state index contributed by atoms with van der Waals surface area (Å²) < 4.78 is 11.3. The van der Waals surface area contributed by atoms with Crippen molar-refractivity contribution in [2.24, 2.45) is 0 Å². The van der Waals surface area contributed by atoms with Crippen molar-refractivity contribution in [3.8, 4) is 5.75 Å². The van der Waals surface area contributed by atoms with Crippen molar-refractivity contribution in [2.75, 3.05) is 26.9 Å². The van der Waals surface area contributed by atoms with E-state index in [1.54, 1.807) is 18.4 Å². The van der Waals surface area contributed by atoms with Crippen molar-refractivity contribution in [1.29, 1.82) is 0 Å². The number of hydrogen-bond acceptors (Lipinski definition) is 4. The van der Waals surface area contributed by atoms with Gasteiger partial charge in [0.25, 0.3) is 0 Å². The molecule has 0 bridgehead atoms. The van der Waals surface area contributed by atoms with Gasteiger partial charge in [0.2, 0.25) is 5.91 Å². The quantitative estimate of drug-likeness (QED) is 0.781. The van der Waals surface area contributed by atoms with Gasteiger partial charge in [-0.2, -0.15) is 0 Å². The van der Waals surface area contributed by atoms with Gasteiger partial charge >= 0.3 is 0 Å². The molecule has 2 aromatic rings. The van der Waals surface area contributed by atoms with E-state index in [2.05, 4.69) is 35.0 Å². The number of hydrogen-bond donors (Lipinski definition) is 1. The van der Waals surface area contributed by atoms with Gasteiger partial charge in [-0.25, -0.2) is 0 Å². The molecule has 1 aliphatic heterocycles. The van der Waals surface area contributed by atoms with Crippen molar-refractivity contribution in [1.82, 2.24) is 5.32 Å². The third-order valence-electron chi connectivity index (χ3n) is 6.60. The lowest BCUT2D eigenvalue weighted by atomic mass is 9.73. The maximum absolute atomic E-state index is 13.5. The lowest BCUT2D eigenvalue weighted by molar-refractivity contribution is -0.127. The summed E-state index contributed by atoms with van der Waals surface area (Å²) in [5.74, 6) is 1.08. The van der Waals surface area contributed by atoms with Gasteiger partial charge in [0.1, 0.15) is 5.75 Å². The molecule has 4 nitrogen and oxygen atoms in total. The summed E-state index contributed by atoms with van der Waals surface area (Å²) in [7, 11) is 1.72. The van der Waals surface area contributed by atoms with E-state index in [0.717, 1.165) is 44.3 Å². The van der Waals surface area contributed by atoms with Gasteiger partial charge < -0.3 is 14.8 Å². The van der Waals surface area contributed by atoms with Crippen LogP contribution in [0.25, 0.3) is 0 Å². The maximum Gasteiger partial charge on any atom is 0.231 e. The summed E-state index contributed by atoms with van der Waals surface area (Å²) in [6, 6.07) is 12.4. The van der Waals surface area contributed by atoms with E-state index in [1.807, 2.05) is 12.1 Å². The van der Waals surface area contributed by atoms with Crippen LogP contribution in [-0.2, 0) is 20.4 Å². The Morgan fingerprint density at radius 2 is 1.86 bits per heavy atom. The zero-order valence-corrected chi connectivity index (χ0v) is 17.4. The van der Waals surface area contributed by atoms with Crippen molar-refractivity contribution in [3.63, 3.8) is 0 Å². The van der Waals surface area contributed by atoms with Gasteiger partial charge in [0.05, 0.1) is 12.5 Å². The van der Waals surface area contributed by atoms with Crippen LogP contribution in [0.4, 0.5) is 0 Å². The predicted octanol–water partition coefficient (Wildman–Crippen LogP) is 4.43. The number of carbonyl (C=O) groups excluding carboxylic acids is 1. The molecule has 5 heteroatoms. The Balaban J connectivity index is 1.59. The van der Waals surface area contributed by atoms with E-state index in [0.29, 0.717) is 19.8 Å². The molecule has 0 unspecified atom stereocenters. The number of para-hydroxylation sites is 1. The van der Waals surface area contributed by atoms with E-state index in [1.165, 1.54) is 10.4 Å². The average Bonchev–Trinajstić information content (AvgIpc) is 3.45. The molecule has 0 radical (unpaired) electrons. The second-order valence-electron chi connectivity index (χ2n) is 8.04. The lowest BCUT2D eigenvalue weighted by Crippen LogP contribution is -2.49. The molecule has 2 heterocycles. The van der Waals surface area contributed by atoms with Crippen LogP contribution in [0, 0.1) is 0 Å². The van der Waals surface area contributed by atoms with Crippen LogP contribution in [0.15, 0.2) is 41.8 Å². The van der Waals surface area contributed by atoms with Gasteiger partial charge in [-0.3, -0.25) is 4.79 Å². The molecular formula is C23H29NO3S. The molecule has 28 heavy (non-hydrogen) atoms. The molecule has 2 fully saturated rings. The highest BCUT2D eigenvalue weighted by Crippen LogP contribution is 2.44. The fraction of sp³-hybridized carbons (Fsp3) is 0.522. The van der Waals surface area contributed by atoms with Crippen LogP contribution in [0.2, 0.25) is 0 Å². The number of carbonyl (C=O) groups is 1. The molecule has 1 N–H and O–H groups in total. The number of methoxy groups -OCH3 is 1. The standard InChI is InChI=1S/C23H29NO3S/c1-26-19-8-3-2-7-18(19)22(12-14-27-15-13-22)17-24-21(25)23(10-4-5-11-23)20-9-6-16-28-20/h2-3,6-9,16H,4-5,10-15,17H2,1H3,(H,24,25). The Morgan fingerprint density at radius 1 is 1.11 bits per heavy atom. The molecule has 0 spiro atoms. The highest BCUT2D eigenvalue weighted by atomic mass is 32.1. The molecular weight excluding hydrogens is 370 g/mol. The molecule has 1 saturated heterocycles. The summed E-state index contributed by atoms with van der Waals surface area (Å²) in [5.41, 5.74) is 0.689. The molecule has 1 amide bonds. The predicted molar refractivity (Wildman–Crippen MR) is 112 cm³/mol. The van der Waals surface area contributed by atoms with Gasteiger partial charge in [0, 0.05) is 35.6 Å². The van der Waals surface area contributed by atoms with E-state index in [-0.39, 0.29) is 16.7 Å². The monoisotopic (exact) mass is 399 g/mol. The third-order valence-corrected chi connectivity index (χ3v) is 7.67. The first kappa shape index (κ1) is 19.5. The molecule has 4 rings (SSSR count). The Labute approximate surface area is 171 Å². The minimum Gasteiger partial charge on any atom is -0.496 e. The normalized spacial score (nSPS) is 20.6. The molecule has 150 valence electrons. The summed E-state index contributed by atoms with van der Waals surface area (Å²) in [5, 5.41) is 5.45. The highest BCUT2D eigenvalue weighted by molar-refractivity contribution is 7.10. The highest BCUT2D eigenvalue weighted by Gasteiger charge is 2.45. The Kier molecular flexibility index (Phi) is 5.74. The van der Waals surface area contributed by atoms with Gasteiger partial charge in [-0.15, -0.1) is 11.3 Å². The van der Waals surface area contributed by atoms with E-state index in [9.17, 15) is 4.79 Å². The Hall–Kier alpha value is -1.85. The van der Waals surface area contributed by atoms with Crippen LogP contribution in [0.3, 0.4) is 0 Å². The summed E-state index contributed by atoms with van der Waals surface area (Å²) in [4.78, 5) is 14.7. The second-order valence-corrected chi connectivity index (χ2v) is 8.99. The number of benzene rings is 1. The zero-order chi connectivity index (χ0) is 19.5. The van der Waals surface area contributed by atoms with Gasteiger partial charge in [0.15, 0.2) is 0 Å². The van der Waals surface area contributed by atoms with Crippen LogP contribution >= 0.6 is 11.3 Å². The number of rotatable bonds is 6. The third kappa shape index (κ3) is 3.46. The van der Waals surface area contributed by atoms with Gasteiger partial charge in [-0.1, -0.05) is 37.1 Å². The van der Waals surface area contributed by atoms with Crippen LogP contribution in [0.1, 0.15) is 49.0 Å². The average molecular weight is 400 g/mol. The number of nitrogens with one attached hydrogen (secondary N) is 1. The molecule has 0 atom stereocenters. The Morgan fingerprint density at radius 3 is 2.54 bits per heavy atom. The first-order valence-corrected chi connectivity index (χ1v) is 11.1. The Bertz CT molecular complexity index is 790. The summed E-state index contributed by atoms with van der Waals surface area (Å²) >= 11 is 1.71. The van der Waals surface area contributed by atoms with Gasteiger partial charge in [-0.05, 0) is 43.2 Å². The number of ether oxygens (including phenoxy) is 2. The molecule has 1 aromatic heterocycles. The fourth-order valence-corrected chi connectivity index (χ4v) is 5.90. The first-order chi connectivity index (χ1) is 13.7. The van der Waals surface area contributed by atoms with E-state index < -0.39 is 0 Å². The smallest absolute Gasteiger partial charge is 0.231 e. The lowest BCUT2D eigenvalue weighted by Gasteiger charge is -2.39. The van der Waals surface area contributed by atoms with Crippen molar-refractivity contribution in [2.45, 2.75) is 49.4 Å². The minimum absolute atomic E-state index is 0.143. The summed E-state index contributed by atoms with van der Waals surface area (Å²) in [6.07, 6.45) is 5.92. The van der Waals surface area contributed by atoms with E-state index >= 15 is 0 Å². The van der Waals surface area contributed by atoms with Crippen molar-refractivity contribution in [3.05, 3.63) is 52.2 Å². The number of amides is 1. The first-order valence-electron chi connectivity index (χ1n) is 10.2. The fourth-order valence-electron chi connectivity index (χ4n) is 4.92. The SMILES string of the molecule is COc1ccccc1C1(CNC(=O)C2(c3cccs3)CCCC2)CCOCC1. The van der Waals surface area contributed by atoms with Crippen LogP contribution < -0.4 is 10.1 Å². The minimum atomic E-state index is -0.346. The van der Waals surface area contributed by atoms with Crippen molar-refractivity contribution < 1.29 is 14.3 Å². The topological polar surface area (TPSA) is 47.6 Å². The molecule has 1 aromatic carbocycles. The van der Waals surface area contributed by atoms with E-state index in [4.69, 9.17) is 9.47 Å². The molecule has 2 aliphatic rings.